The summed E-state index contributed by atoms with van der Waals surface area (Å²) in [6.45, 7) is 5.36. The van der Waals surface area contributed by atoms with Crippen LogP contribution in [-0.2, 0) is 16.0 Å². The number of aromatic nitrogens is 1. The minimum absolute atomic E-state index is 0.0317. The van der Waals surface area contributed by atoms with Crippen molar-refractivity contribution >= 4 is 28.3 Å². The minimum Gasteiger partial charge on any atom is -0.354 e. The predicted molar refractivity (Wildman–Crippen MR) is 83.3 cm³/mol. The molecular formula is C14H22N4O2S. The van der Waals surface area contributed by atoms with Crippen LogP contribution in [0.15, 0.2) is 5.38 Å². The lowest BCUT2D eigenvalue weighted by atomic mass is 10.2. The molecule has 1 aromatic heterocycles. The third-order valence-electron chi connectivity index (χ3n) is 3.36. The molecule has 0 saturated carbocycles. The molecule has 6 nitrogen and oxygen atoms in total. The van der Waals surface area contributed by atoms with Crippen molar-refractivity contribution in [1.82, 2.24) is 15.6 Å². The van der Waals surface area contributed by atoms with Crippen LogP contribution in [0.4, 0.5) is 5.13 Å². The van der Waals surface area contributed by atoms with E-state index in [1.807, 2.05) is 19.2 Å². The Balaban J connectivity index is 1.76. The number of nitrogens with zero attached hydrogens (tertiary/aromatic N) is 1. The maximum atomic E-state index is 11.8. The average molecular weight is 310 g/mol. The third kappa shape index (κ3) is 5.09. The Morgan fingerprint density at radius 2 is 2.33 bits per heavy atom. The molecule has 1 fully saturated rings. The lowest BCUT2D eigenvalue weighted by Crippen LogP contribution is -2.37. The van der Waals surface area contributed by atoms with Crippen molar-refractivity contribution in [3.63, 3.8) is 0 Å². The molecule has 116 valence electrons. The molecule has 0 aliphatic carbocycles. The molecule has 1 saturated heterocycles. The van der Waals surface area contributed by atoms with Gasteiger partial charge in [-0.1, -0.05) is 13.8 Å². The summed E-state index contributed by atoms with van der Waals surface area (Å²) in [5, 5.41) is 11.4. The van der Waals surface area contributed by atoms with E-state index in [9.17, 15) is 9.59 Å². The van der Waals surface area contributed by atoms with Crippen LogP contribution >= 0.6 is 11.3 Å². The molecule has 1 atom stereocenters. The summed E-state index contributed by atoms with van der Waals surface area (Å²) in [5.41, 5.74) is 0.691. The fourth-order valence-corrected chi connectivity index (χ4v) is 2.80. The maximum Gasteiger partial charge on any atom is 0.228 e. The quantitative estimate of drug-likeness (QED) is 0.736. The van der Waals surface area contributed by atoms with Gasteiger partial charge in [-0.3, -0.25) is 9.59 Å². The highest BCUT2D eigenvalue weighted by atomic mass is 32.1. The van der Waals surface area contributed by atoms with Crippen molar-refractivity contribution in [2.24, 2.45) is 5.92 Å². The number of carbonyl (C=O) groups excluding carboxylic acids is 2. The van der Waals surface area contributed by atoms with Crippen LogP contribution in [-0.4, -0.2) is 35.9 Å². The Hall–Kier alpha value is -1.47. The first-order valence-corrected chi connectivity index (χ1v) is 8.18. The SMILES string of the molecule is CC(C)C(=O)Nc1nc(CC(=O)NCC2CCCN2)cs1. The van der Waals surface area contributed by atoms with Crippen molar-refractivity contribution in [2.45, 2.75) is 39.2 Å². The molecule has 1 aromatic rings. The standard InChI is InChI=1S/C14H22N4O2S/c1-9(2)13(20)18-14-17-11(8-21-14)6-12(19)16-7-10-4-3-5-15-10/h8-10,15H,3-7H2,1-2H3,(H,16,19)(H,17,18,20). The van der Waals surface area contributed by atoms with Gasteiger partial charge in [-0.05, 0) is 19.4 Å². The maximum absolute atomic E-state index is 11.8. The van der Waals surface area contributed by atoms with Crippen LogP contribution in [0.2, 0.25) is 0 Å². The second-order valence-corrected chi connectivity index (χ2v) is 6.42. The highest BCUT2D eigenvalue weighted by Crippen LogP contribution is 2.16. The Bertz CT molecular complexity index is 495. The molecule has 7 heteroatoms. The zero-order chi connectivity index (χ0) is 15.2. The van der Waals surface area contributed by atoms with Gasteiger partial charge in [0.1, 0.15) is 0 Å². The fraction of sp³-hybridized carbons (Fsp3) is 0.643. The molecule has 1 aliphatic rings. The van der Waals surface area contributed by atoms with Gasteiger partial charge in [-0.2, -0.15) is 0 Å². The number of thiazole rings is 1. The molecule has 2 heterocycles. The summed E-state index contributed by atoms with van der Waals surface area (Å²) >= 11 is 1.35. The van der Waals surface area contributed by atoms with Crippen LogP contribution in [0.5, 0.6) is 0 Å². The number of carbonyl (C=O) groups is 2. The highest BCUT2D eigenvalue weighted by molar-refractivity contribution is 7.13. The summed E-state index contributed by atoms with van der Waals surface area (Å²) in [7, 11) is 0. The number of hydrogen-bond donors (Lipinski definition) is 3. The summed E-state index contributed by atoms with van der Waals surface area (Å²) in [6, 6.07) is 0.394. The van der Waals surface area contributed by atoms with Crippen LogP contribution in [0.25, 0.3) is 0 Å². The van der Waals surface area contributed by atoms with E-state index in [0.717, 1.165) is 13.0 Å². The van der Waals surface area contributed by atoms with Gasteiger partial charge in [0.2, 0.25) is 11.8 Å². The van der Waals surface area contributed by atoms with Gasteiger partial charge in [0.15, 0.2) is 5.13 Å². The number of anilines is 1. The number of nitrogens with one attached hydrogen (secondary N) is 3. The predicted octanol–water partition coefficient (Wildman–Crippen LogP) is 1.15. The van der Waals surface area contributed by atoms with E-state index in [1.54, 1.807) is 0 Å². The first-order valence-electron chi connectivity index (χ1n) is 7.30. The molecule has 0 spiro atoms. The Morgan fingerprint density at radius 1 is 1.52 bits per heavy atom. The molecule has 0 radical (unpaired) electrons. The molecular weight excluding hydrogens is 288 g/mol. The molecule has 1 aliphatic heterocycles. The zero-order valence-corrected chi connectivity index (χ0v) is 13.3. The Labute approximate surface area is 128 Å². The highest BCUT2D eigenvalue weighted by Gasteiger charge is 2.16. The zero-order valence-electron chi connectivity index (χ0n) is 12.4. The lowest BCUT2D eigenvalue weighted by Gasteiger charge is -2.10. The van der Waals surface area contributed by atoms with Crippen molar-refractivity contribution < 1.29 is 9.59 Å². The summed E-state index contributed by atoms with van der Waals surface area (Å²) in [5.74, 6) is -0.178. The van der Waals surface area contributed by atoms with Crippen LogP contribution < -0.4 is 16.0 Å². The largest absolute Gasteiger partial charge is 0.354 e. The van der Waals surface area contributed by atoms with Gasteiger partial charge < -0.3 is 16.0 Å². The monoisotopic (exact) mass is 310 g/mol. The molecule has 0 aromatic carbocycles. The van der Waals surface area contributed by atoms with Crippen molar-refractivity contribution in [3.8, 4) is 0 Å². The lowest BCUT2D eigenvalue weighted by molar-refractivity contribution is -0.120. The molecule has 1 unspecified atom stereocenters. The molecule has 21 heavy (non-hydrogen) atoms. The van der Waals surface area contributed by atoms with Gasteiger partial charge in [0.25, 0.3) is 0 Å². The third-order valence-corrected chi connectivity index (χ3v) is 4.16. The molecule has 2 rings (SSSR count). The first-order chi connectivity index (χ1) is 10.0. The van der Waals surface area contributed by atoms with Crippen LogP contribution in [0.1, 0.15) is 32.4 Å². The Kier molecular flexibility index (Phi) is 5.69. The van der Waals surface area contributed by atoms with Gasteiger partial charge in [-0.15, -0.1) is 11.3 Å². The van der Waals surface area contributed by atoms with Gasteiger partial charge in [-0.25, -0.2) is 4.98 Å². The van der Waals surface area contributed by atoms with E-state index in [0.29, 0.717) is 23.4 Å². The van der Waals surface area contributed by atoms with Crippen LogP contribution in [0, 0.1) is 5.92 Å². The smallest absolute Gasteiger partial charge is 0.228 e. The van der Waals surface area contributed by atoms with E-state index in [2.05, 4.69) is 20.9 Å². The van der Waals surface area contributed by atoms with E-state index in [4.69, 9.17) is 0 Å². The number of amides is 2. The Morgan fingerprint density at radius 3 is 3.00 bits per heavy atom. The van der Waals surface area contributed by atoms with E-state index < -0.39 is 0 Å². The summed E-state index contributed by atoms with van der Waals surface area (Å²) in [4.78, 5) is 27.7. The van der Waals surface area contributed by atoms with E-state index in [1.165, 1.54) is 17.8 Å². The van der Waals surface area contributed by atoms with Gasteiger partial charge in [0.05, 0.1) is 12.1 Å². The molecule has 0 bridgehead atoms. The summed E-state index contributed by atoms with van der Waals surface area (Å²) < 4.78 is 0. The first kappa shape index (κ1) is 15.9. The average Bonchev–Trinajstić information content (AvgIpc) is 3.08. The molecule has 3 N–H and O–H groups in total. The van der Waals surface area contributed by atoms with E-state index >= 15 is 0 Å². The second-order valence-electron chi connectivity index (χ2n) is 5.56. The fourth-order valence-electron chi connectivity index (χ4n) is 2.09. The van der Waals surface area contributed by atoms with E-state index in [-0.39, 0.29) is 24.2 Å². The van der Waals surface area contributed by atoms with Crippen molar-refractivity contribution in [1.29, 1.82) is 0 Å². The van der Waals surface area contributed by atoms with Crippen molar-refractivity contribution in [3.05, 3.63) is 11.1 Å². The minimum atomic E-state index is -0.0837. The number of hydrogen-bond acceptors (Lipinski definition) is 5. The topological polar surface area (TPSA) is 83.1 Å². The number of rotatable bonds is 6. The molecule has 2 amide bonds. The van der Waals surface area contributed by atoms with Gasteiger partial charge in [0, 0.05) is 23.9 Å². The van der Waals surface area contributed by atoms with Crippen molar-refractivity contribution in [2.75, 3.05) is 18.4 Å². The summed E-state index contributed by atoms with van der Waals surface area (Å²) in [6.07, 6.45) is 2.54. The normalized spacial score (nSPS) is 18.0. The van der Waals surface area contributed by atoms with Gasteiger partial charge >= 0.3 is 0 Å². The second kappa shape index (κ2) is 7.51. The van der Waals surface area contributed by atoms with Crippen LogP contribution in [0.3, 0.4) is 0 Å².